The minimum atomic E-state index is -3.71. The molecule has 1 N–H and O–H groups in total. The quantitative estimate of drug-likeness (QED) is 0.871. The van der Waals surface area contributed by atoms with Crippen LogP contribution in [0.1, 0.15) is 24.8 Å². The normalized spacial score (nSPS) is 15.0. The fourth-order valence-electron chi connectivity index (χ4n) is 3.02. The van der Waals surface area contributed by atoms with Gasteiger partial charge in [-0.1, -0.05) is 12.1 Å². The van der Waals surface area contributed by atoms with E-state index < -0.39 is 10.0 Å². The first-order valence-electron chi connectivity index (χ1n) is 8.48. The largest absolute Gasteiger partial charge is 0.495 e. The predicted octanol–water partition coefficient (Wildman–Crippen LogP) is 3.32. The summed E-state index contributed by atoms with van der Waals surface area (Å²) in [6.45, 7) is 2.44. The summed E-state index contributed by atoms with van der Waals surface area (Å²) in [6.07, 6.45) is 2.27. The number of piperidine rings is 1. The molecule has 1 aliphatic heterocycles. The maximum atomic E-state index is 12.6. The van der Waals surface area contributed by atoms with Crippen LogP contribution in [-0.2, 0) is 14.8 Å². The van der Waals surface area contributed by atoms with Crippen molar-refractivity contribution in [3.63, 3.8) is 0 Å². The molecular formula is C19H22N2O4S. The summed E-state index contributed by atoms with van der Waals surface area (Å²) in [5, 5.41) is 0. The zero-order valence-corrected chi connectivity index (χ0v) is 15.7. The van der Waals surface area contributed by atoms with Gasteiger partial charge in [0.25, 0.3) is 10.0 Å². The molecule has 0 aliphatic carbocycles. The van der Waals surface area contributed by atoms with E-state index in [1.807, 2.05) is 13.0 Å². The van der Waals surface area contributed by atoms with Gasteiger partial charge in [-0.2, -0.15) is 0 Å². The lowest BCUT2D eigenvalue weighted by atomic mass is 10.1. The van der Waals surface area contributed by atoms with Crippen molar-refractivity contribution in [2.24, 2.45) is 0 Å². The number of sulfonamides is 1. The Labute approximate surface area is 153 Å². The van der Waals surface area contributed by atoms with Crippen LogP contribution < -0.4 is 14.4 Å². The molecule has 0 atom stereocenters. The number of methoxy groups -OCH3 is 1. The number of rotatable bonds is 5. The predicted molar refractivity (Wildman–Crippen MR) is 101 cm³/mol. The number of hydrogen-bond donors (Lipinski definition) is 1. The summed E-state index contributed by atoms with van der Waals surface area (Å²) >= 11 is 0. The number of ether oxygens (including phenoxy) is 1. The van der Waals surface area contributed by atoms with Crippen molar-refractivity contribution in [1.82, 2.24) is 0 Å². The lowest BCUT2D eigenvalue weighted by Crippen LogP contribution is -2.35. The summed E-state index contributed by atoms with van der Waals surface area (Å²) in [5.74, 6) is 0.562. The minimum absolute atomic E-state index is 0.0215. The Morgan fingerprint density at radius 1 is 1.12 bits per heavy atom. The number of aryl methyl sites for hydroxylation is 1. The number of amides is 1. The number of carbonyl (C=O) groups excluding carboxylic acids is 1. The van der Waals surface area contributed by atoms with E-state index in [-0.39, 0.29) is 10.8 Å². The van der Waals surface area contributed by atoms with Gasteiger partial charge in [-0.3, -0.25) is 9.52 Å². The van der Waals surface area contributed by atoms with Crippen LogP contribution in [0.3, 0.4) is 0 Å². The second-order valence-corrected chi connectivity index (χ2v) is 7.99. The zero-order valence-electron chi connectivity index (χ0n) is 14.9. The average Bonchev–Trinajstić information content (AvgIpc) is 2.62. The van der Waals surface area contributed by atoms with Crippen LogP contribution in [0.15, 0.2) is 47.4 Å². The molecule has 0 radical (unpaired) electrons. The molecule has 26 heavy (non-hydrogen) atoms. The molecule has 0 saturated carbocycles. The van der Waals surface area contributed by atoms with E-state index in [4.69, 9.17) is 4.74 Å². The molecular weight excluding hydrogens is 352 g/mol. The Balaban J connectivity index is 1.94. The second kappa shape index (κ2) is 7.37. The number of nitrogens with zero attached hydrogens (tertiary/aromatic N) is 1. The maximum absolute atomic E-state index is 12.6. The van der Waals surface area contributed by atoms with Crippen LogP contribution in [0, 0.1) is 6.92 Å². The molecule has 0 aromatic heterocycles. The molecule has 138 valence electrons. The molecule has 0 bridgehead atoms. The van der Waals surface area contributed by atoms with Crippen molar-refractivity contribution < 1.29 is 17.9 Å². The summed E-state index contributed by atoms with van der Waals surface area (Å²) in [5.41, 5.74) is 1.84. The Bertz CT molecular complexity index is 925. The molecule has 1 fully saturated rings. The summed E-state index contributed by atoms with van der Waals surface area (Å²) < 4.78 is 33.2. The third kappa shape index (κ3) is 3.83. The summed E-state index contributed by atoms with van der Waals surface area (Å²) in [4.78, 5) is 14.1. The number of anilines is 2. The first-order valence-corrected chi connectivity index (χ1v) is 9.97. The van der Waals surface area contributed by atoms with Gasteiger partial charge < -0.3 is 9.64 Å². The van der Waals surface area contributed by atoms with Gasteiger partial charge in [-0.15, -0.1) is 0 Å². The monoisotopic (exact) mass is 374 g/mol. The van der Waals surface area contributed by atoms with Crippen molar-refractivity contribution in [1.29, 1.82) is 0 Å². The number of hydrogen-bond acceptors (Lipinski definition) is 4. The van der Waals surface area contributed by atoms with E-state index in [9.17, 15) is 13.2 Å². The molecule has 1 aliphatic rings. The van der Waals surface area contributed by atoms with Gasteiger partial charge in [0.15, 0.2) is 0 Å². The van der Waals surface area contributed by atoms with Gasteiger partial charge in [0.1, 0.15) is 5.75 Å². The average molecular weight is 374 g/mol. The van der Waals surface area contributed by atoms with Gasteiger partial charge in [0.2, 0.25) is 5.91 Å². The van der Waals surface area contributed by atoms with Crippen molar-refractivity contribution >= 4 is 27.3 Å². The minimum Gasteiger partial charge on any atom is -0.495 e. The summed E-state index contributed by atoms with van der Waals surface area (Å²) in [6, 6.07) is 11.7. The third-order valence-corrected chi connectivity index (χ3v) is 5.72. The molecule has 2 aromatic carbocycles. The van der Waals surface area contributed by atoms with Gasteiger partial charge >= 0.3 is 0 Å². The van der Waals surface area contributed by atoms with E-state index in [0.29, 0.717) is 30.1 Å². The molecule has 0 unspecified atom stereocenters. The Hall–Kier alpha value is -2.54. The first kappa shape index (κ1) is 18.3. The van der Waals surface area contributed by atoms with Crippen LogP contribution in [0.5, 0.6) is 5.75 Å². The SMILES string of the molecule is COc1ccc(NS(=O)(=O)c2cccc(C)c2)cc1N1CCCCC1=O. The van der Waals surface area contributed by atoms with Crippen LogP contribution in [0.4, 0.5) is 11.4 Å². The van der Waals surface area contributed by atoms with E-state index in [1.54, 1.807) is 41.3 Å². The number of benzene rings is 2. The van der Waals surface area contributed by atoms with E-state index in [0.717, 1.165) is 18.4 Å². The molecule has 1 saturated heterocycles. The van der Waals surface area contributed by atoms with Gasteiger partial charge in [-0.25, -0.2) is 8.42 Å². The van der Waals surface area contributed by atoms with Crippen molar-refractivity contribution in [2.45, 2.75) is 31.1 Å². The molecule has 1 amide bonds. The van der Waals surface area contributed by atoms with Crippen molar-refractivity contribution in [3.8, 4) is 5.75 Å². The molecule has 2 aromatic rings. The first-order chi connectivity index (χ1) is 12.4. The van der Waals surface area contributed by atoms with Crippen LogP contribution in [0.25, 0.3) is 0 Å². The fourth-order valence-corrected chi connectivity index (χ4v) is 4.18. The Kier molecular flexibility index (Phi) is 5.18. The zero-order chi connectivity index (χ0) is 18.7. The molecule has 1 heterocycles. The second-order valence-electron chi connectivity index (χ2n) is 6.31. The topological polar surface area (TPSA) is 75.7 Å². The fraction of sp³-hybridized carbons (Fsp3) is 0.316. The third-order valence-electron chi connectivity index (χ3n) is 4.35. The van der Waals surface area contributed by atoms with E-state index >= 15 is 0 Å². The Morgan fingerprint density at radius 3 is 2.62 bits per heavy atom. The molecule has 0 spiro atoms. The van der Waals surface area contributed by atoms with Crippen molar-refractivity contribution in [2.75, 3.05) is 23.3 Å². The highest BCUT2D eigenvalue weighted by Gasteiger charge is 2.23. The van der Waals surface area contributed by atoms with Crippen molar-refractivity contribution in [3.05, 3.63) is 48.0 Å². The lowest BCUT2D eigenvalue weighted by molar-refractivity contribution is -0.119. The maximum Gasteiger partial charge on any atom is 0.261 e. The van der Waals surface area contributed by atoms with Crippen LogP contribution in [-0.4, -0.2) is 28.0 Å². The number of nitrogens with one attached hydrogen (secondary N) is 1. The lowest BCUT2D eigenvalue weighted by Gasteiger charge is -2.28. The van der Waals surface area contributed by atoms with Crippen LogP contribution in [0.2, 0.25) is 0 Å². The van der Waals surface area contributed by atoms with E-state index in [2.05, 4.69) is 4.72 Å². The van der Waals surface area contributed by atoms with Gasteiger partial charge in [0.05, 0.1) is 23.4 Å². The molecule has 7 heteroatoms. The van der Waals surface area contributed by atoms with Crippen LogP contribution >= 0.6 is 0 Å². The molecule has 3 rings (SSSR count). The van der Waals surface area contributed by atoms with E-state index in [1.165, 1.54) is 7.11 Å². The highest BCUT2D eigenvalue weighted by Crippen LogP contribution is 2.34. The highest BCUT2D eigenvalue weighted by atomic mass is 32.2. The standard InChI is InChI=1S/C19H22N2O4S/c1-14-6-5-7-16(12-14)26(23,24)20-15-9-10-18(25-2)17(13-15)21-11-4-3-8-19(21)22/h5-7,9-10,12-13,20H,3-4,8,11H2,1-2H3. The summed E-state index contributed by atoms with van der Waals surface area (Å²) in [7, 11) is -2.18. The number of carbonyl (C=O) groups is 1. The van der Waals surface area contributed by atoms with Gasteiger partial charge in [0, 0.05) is 13.0 Å². The molecule has 6 nitrogen and oxygen atoms in total. The smallest absolute Gasteiger partial charge is 0.261 e. The Morgan fingerprint density at radius 2 is 1.92 bits per heavy atom. The highest BCUT2D eigenvalue weighted by molar-refractivity contribution is 7.92. The van der Waals surface area contributed by atoms with Gasteiger partial charge in [-0.05, 0) is 55.7 Å².